The first-order valence-electron chi connectivity index (χ1n) is 8.00. The number of aryl methyl sites for hydroxylation is 1. The van der Waals surface area contributed by atoms with Gasteiger partial charge >= 0.3 is 0 Å². The molecule has 1 aliphatic heterocycles. The molecule has 0 aromatic heterocycles. The minimum Gasteiger partial charge on any atom is -0.382 e. The number of hydrogen-bond donors (Lipinski definition) is 2. The van der Waals surface area contributed by atoms with Crippen molar-refractivity contribution in [3.63, 3.8) is 0 Å². The lowest BCUT2D eigenvalue weighted by Crippen LogP contribution is -2.43. The van der Waals surface area contributed by atoms with Crippen LogP contribution in [0.1, 0.15) is 44.1 Å². The van der Waals surface area contributed by atoms with E-state index in [-0.39, 0.29) is 0 Å². The van der Waals surface area contributed by atoms with Crippen molar-refractivity contribution in [2.75, 3.05) is 11.9 Å². The molecule has 3 unspecified atom stereocenters. The van der Waals surface area contributed by atoms with Gasteiger partial charge in [0.25, 0.3) is 0 Å². The van der Waals surface area contributed by atoms with Crippen LogP contribution in [0.2, 0.25) is 5.02 Å². The van der Waals surface area contributed by atoms with Crippen molar-refractivity contribution < 1.29 is 0 Å². The largest absolute Gasteiger partial charge is 0.382 e. The second kappa shape index (κ2) is 6.36. The van der Waals surface area contributed by atoms with Gasteiger partial charge in [-0.05, 0) is 62.8 Å². The van der Waals surface area contributed by atoms with Crippen LogP contribution in [-0.4, -0.2) is 18.6 Å². The topological polar surface area (TPSA) is 24.1 Å². The van der Waals surface area contributed by atoms with E-state index in [0.717, 1.165) is 16.5 Å². The Morgan fingerprint density at radius 3 is 2.75 bits per heavy atom. The van der Waals surface area contributed by atoms with Crippen molar-refractivity contribution in [3.05, 3.63) is 28.8 Å². The molecule has 1 aromatic carbocycles. The van der Waals surface area contributed by atoms with E-state index in [4.69, 9.17) is 11.6 Å². The smallest absolute Gasteiger partial charge is 0.0455 e. The van der Waals surface area contributed by atoms with E-state index >= 15 is 0 Å². The third-order valence-electron chi connectivity index (χ3n) is 4.96. The van der Waals surface area contributed by atoms with Gasteiger partial charge in [-0.1, -0.05) is 30.5 Å². The van der Waals surface area contributed by atoms with Crippen LogP contribution in [0.15, 0.2) is 18.2 Å². The Bertz CT molecular complexity index is 454. The maximum atomic E-state index is 6.24. The van der Waals surface area contributed by atoms with Gasteiger partial charge in [0, 0.05) is 22.8 Å². The minimum absolute atomic E-state index is 0.595. The molecule has 2 aliphatic rings. The van der Waals surface area contributed by atoms with Gasteiger partial charge in [-0.2, -0.15) is 0 Å². The summed E-state index contributed by atoms with van der Waals surface area (Å²) >= 11 is 6.24. The van der Waals surface area contributed by atoms with Crippen LogP contribution in [-0.2, 0) is 0 Å². The summed E-state index contributed by atoms with van der Waals surface area (Å²) in [7, 11) is 0. The summed E-state index contributed by atoms with van der Waals surface area (Å²) in [6, 6.07) is 7.66. The zero-order valence-corrected chi connectivity index (χ0v) is 13.0. The highest BCUT2D eigenvalue weighted by molar-refractivity contribution is 6.31. The Labute approximate surface area is 127 Å². The van der Waals surface area contributed by atoms with Crippen molar-refractivity contribution in [1.29, 1.82) is 0 Å². The molecule has 110 valence electrons. The van der Waals surface area contributed by atoms with E-state index in [1.54, 1.807) is 0 Å². The Kier molecular flexibility index (Phi) is 4.52. The molecule has 3 atom stereocenters. The standard InChI is InChI=1S/C17H25ClN2/c1-12-8-9-13(11-15(12)18)20-17-6-3-2-5-14(17)16-7-4-10-19-16/h8-9,11,14,16-17,19-20H,2-7,10H2,1H3. The first-order valence-corrected chi connectivity index (χ1v) is 8.38. The van der Waals surface area contributed by atoms with Crippen LogP contribution >= 0.6 is 11.6 Å². The second-order valence-corrected chi connectivity index (χ2v) is 6.77. The lowest BCUT2D eigenvalue weighted by atomic mass is 9.79. The Morgan fingerprint density at radius 1 is 1.15 bits per heavy atom. The molecule has 2 nitrogen and oxygen atoms in total. The normalized spacial score (nSPS) is 30.4. The van der Waals surface area contributed by atoms with Crippen molar-refractivity contribution in [1.82, 2.24) is 5.32 Å². The fourth-order valence-electron chi connectivity index (χ4n) is 3.79. The zero-order valence-electron chi connectivity index (χ0n) is 12.3. The fourth-order valence-corrected chi connectivity index (χ4v) is 3.97. The maximum Gasteiger partial charge on any atom is 0.0455 e. The number of anilines is 1. The summed E-state index contributed by atoms with van der Waals surface area (Å²) in [5.74, 6) is 0.770. The first-order chi connectivity index (χ1) is 9.74. The Balaban J connectivity index is 1.71. The van der Waals surface area contributed by atoms with Crippen LogP contribution in [0, 0.1) is 12.8 Å². The predicted octanol–water partition coefficient (Wildman–Crippen LogP) is 4.37. The molecule has 0 amide bonds. The molecule has 2 fully saturated rings. The van der Waals surface area contributed by atoms with E-state index in [1.165, 1.54) is 50.8 Å². The lowest BCUT2D eigenvalue weighted by molar-refractivity contribution is 0.263. The molecule has 1 saturated heterocycles. The van der Waals surface area contributed by atoms with E-state index in [9.17, 15) is 0 Å². The summed E-state index contributed by atoms with van der Waals surface area (Å²) in [6.07, 6.45) is 8.06. The predicted molar refractivity (Wildman–Crippen MR) is 86.6 cm³/mol. The minimum atomic E-state index is 0.595. The van der Waals surface area contributed by atoms with Crippen molar-refractivity contribution >= 4 is 17.3 Å². The van der Waals surface area contributed by atoms with E-state index in [2.05, 4.69) is 35.8 Å². The maximum absolute atomic E-state index is 6.24. The monoisotopic (exact) mass is 292 g/mol. The molecule has 1 saturated carbocycles. The summed E-state index contributed by atoms with van der Waals surface area (Å²) in [5, 5.41) is 8.31. The summed E-state index contributed by atoms with van der Waals surface area (Å²) in [6.45, 7) is 3.25. The van der Waals surface area contributed by atoms with Gasteiger partial charge in [-0.25, -0.2) is 0 Å². The Morgan fingerprint density at radius 2 is 2.00 bits per heavy atom. The number of benzene rings is 1. The summed E-state index contributed by atoms with van der Waals surface area (Å²) in [4.78, 5) is 0. The lowest BCUT2D eigenvalue weighted by Gasteiger charge is -2.37. The van der Waals surface area contributed by atoms with Gasteiger partial charge in [-0.15, -0.1) is 0 Å². The average molecular weight is 293 g/mol. The molecule has 1 aromatic rings. The number of halogens is 1. The molecule has 0 radical (unpaired) electrons. The van der Waals surface area contributed by atoms with E-state index < -0.39 is 0 Å². The van der Waals surface area contributed by atoms with E-state index in [0.29, 0.717) is 12.1 Å². The van der Waals surface area contributed by atoms with Crippen LogP contribution in [0.4, 0.5) is 5.69 Å². The molecule has 2 N–H and O–H groups in total. The highest BCUT2D eigenvalue weighted by Crippen LogP contribution is 2.33. The van der Waals surface area contributed by atoms with E-state index in [1.807, 2.05) is 0 Å². The third kappa shape index (κ3) is 3.12. The average Bonchev–Trinajstić information content (AvgIpc) is 2.97. The highest BCUT2D eigenvalue weighted by Gasteiger charge is 2.33. The second-order valence-electron chi connectivity index (χ2n) is 6.37. The number of nitrogens with one attached hydrogen (secondary N) is 2. The van der Waals surface area contributed by atoms with Gasteiger partial charge in [0.2, 0.25) is 0 Å². The SMILES string of the molecule is Cc1ccc(NC2CCCCC2C2CCCN2)cc1Cl. The molecule has 1 aliphatic carbocycles. The molecule has 3 heteroatoms. The Hall–Kier alpha value is -0.730. The van der Waals surface area contributed by atoms with Crippen LogP contribution in [0.25, 0.3) is 0 Å². The highest BCUT2D eigenvalue weighted by atomic mass is 35.5. The molecular weight excluding hydrogens is 268 g/mol. The first kappa shape index (κ1) is 14.2. The van der Waals surface area contributed by atoms with Crippen LogP contribution in [0.3, 0.4) is 0 Å². The molecule has 1 heterocycles. The molecule has 0 spiro atoms. The fraction of sp³-hybridized carbons (Fsp3) is 0.647. The number of hydrogen-bond acceptors (Lipinski definition) is 2. The van der Waals surface area contributed by atoms with Crippen molar-refractivity contribution in [2.24, 2.45) is 5.92 Å². The van der Waals surface area contributed by atoms with Crippen LogP contribution in [0.5, 0.6) is 0 Å². The summed E-state index contributed by atoms with van der Waals surface area (Å²) < 4.78 is 0. The van der Waals surface area contributed by atoms with Crippen molar-refractivity contribution in [2.45, 2.75) is 57.5 Å². The van der Waals surface area contributed by atoms with Gasteiger partial charge < -0.3 is 10.6 Å². The quantitative estimate of drug-likeness (QED) is 0.864. The number of rotatable bonds is 3. The summed E-state index contributed by atoms with van der Waals surface area (Å²) in [5.41, 5.74) is 2.32. The molecule has 20 heavy (non-hydrogen) atoms. The van der Waals surface area contributed by atoms with Crippen molar-refractivity contribution in [3.8, 4) is 0 Å². The van der Waals surface area contributed by atoms with Gasteiger partial charge in [-0.3, -0.25) is 0 Å². The zero-order chi connectivity index (χ0) is 13.9. The molecule has 0 bridgehead atoms. The van der Waals surface area contributed by atoms with Gasteiger partial charge in [0.1, 0.15) is 0 Å². The third-order valence-corrected chi connectivity index (χ3v) is 5.37. The molecular formula is C17H25ClN2. The van der Waals surface area contributed by atoms with Gasteiger partial charge in [0.15, 0.2) is 0 Å². The molecule has 3 rings (SSSR count). The van der Waals surface area contributed by atoms with Gasteiger partial charge in [0.05, 0.1) is 0 Å². The van der Waals surface area contributed by atoms with Crippen LogP contribution < -0.4 is 10.6 Å².